The molecule has 118 valence electrons. The Balaban J connectivity index is 2.27. The molecule has 2 rings (SSSR count). The van der Waals surface area contributed by atoms with Gasteiger partial charge in [0.1, 0.15) is 0 Å². The molecule has 0 heterocycles. The van der Waals surface area contributed by atoms with Crippen molar-refractivity contribution in [2.24, 2.45) is 9.98 Å². The predicted octanol–water partition coefficient (Wildman–Crippen LogP) is 4.18. The first-order chi connectivity index (χ1) is 10.8. The van der Waals surface area contributed by atoms with E-state index in [0.717, 1.165) is 37.7 Å². The zero-order chi connectivity index (χ0) is 15.6. The van der Waals surface area contributed by atoms with Crippen molar-refractivity contribution in [2.75, 3.05) is 0 Å². The fourth-order valence-corrected chi connectivity index (χ4v) is 3.43. The van der Waals surface area contributed by atoms with E-state index >= 15 is 0 Å². The predicted molar refractivity (Wildman–Crippen MR) is 86.2 cm³/mol. The average molecular weight is 300 g/mol. The summed E-state index contributed by atoms with van der Waals surface area (Å²) in [6.45, 7) is 0. The molecule has 2 aliphatic rings. The van der Waals surface area contributed by atoms with Crippen molar-refractivity contribution in [3.05, 3.63) is 23.3 Å². The van der Waals surface area contributed by atoms with E-state index in [2.05, 4.69) is 22.1 Å². The van der Waals surface area contributed by atoms with Crippen molar-refractivity contribution in [3.8, 4) is 0 Å². The minimum Gasteiger partial charge on any atom is -0.211 e. The van der Waals surface area contributed by atoms with Crippen molar-refractivity contribution in [1.82, 2.24) is 0 Å². The van der Waals surface area contributed by atoms with Crippen LogP contribution in [0.3, 0.4) is 0 Å². The number of hydrogen-bond acceptors (Lipinski definition) is 4. The molecule has 4 heteroatoms. The van der Waals surface area contributed by atoms with Crippen molar-refractivity contribution < 1.29 is 9.59 Å². The van der Waals surface area contributed by atoms with E-state index in [1.54, 1.807) is 12.2 Å². The van der Waals surface area contributed by atoms with Crippen LogP contribution in [-0.2, 0) is 9.59 Å². The number of nitrogens with zero attached hydrogens (tertiary/aromatic N) is 2. The van der Waals surface area contributed by atoms with Gasteiger partial charge in [-0.1, -0.05) is 25.0 Å². The first kappa shape index (κ1) is 16.6. The summed E-state index contributed by atoms with van der Waals surface area (Å²) in [5.41, 5.74) is 2.50. The summed E-state index contributed by atoms with van der Waals surface area (Å²) in [5.74, 6) is 0. The van der Waals surface area contributed by atoms with Crippen LogP contribution in [0.2, 0.25) is 0 Å². The zero-order valence-corrected chi connectivity index (χ0v) is 13.1. The lowest BCUT2D eigenvalue weighted by Gasteiger charge is -2.24. The van der Waals surface area contributed by atoms with E-state index in [4.69, 9.17) is 0 Å². The highest BCUT2D eigenvalue weighted by molar-refractivity contribution is 5.42. The molecule has 22 heavy (non-hydrogen) atoms. The van der Waals surface area contributed by atoms with Gasteiger partial charge in [-0.2, -0.15) is 4.99 Å². The molecule has 0 saturated heterocycles. The maximum absolute atomic E-state index is 10.8. The highest BCUT2D eigenvalue weighted by atomic mass is 16.1. The SMILES string of the molecule is O=C=NC1CCCC=C(C2=CCCCCCC2)C(N=C=O)C1. The summed E-state index contributed by atoms with van der Waals surface area (Å²) in [7, 11) is 0. The lowest BCUT2D eigenvalue weighted by molar-refractivity contribution is 0.489. The Labute approximate surface area is 132 Å². The topological polar surface area (TPSA) is 58.9 Å². The highest BCUT2D eigenvalue weighted by Crippen LogP contribution is 2.31. The quantitative estimate of drug-likeness (QED) is 0.580. The van der Waals surface area contributed by atoms with Crippen LogP contribution in [0.15, 0.2) is 33.3 Å². The Hall–Kier alpha value is -1.76. The third-order valence-corrected chi connectivity index (χ3v) is 4.57. The summed E-state index contributed by atoms with van der Waals surface area (Å²) in [6.07, 6.45) is 18.5. The van der Waals surface area contributed by atoms with Crippen LogP contribution < -0.4 is 0 Å². The lowest BCUT2D eigenvalue weighted by Crippen LogP contribution is -2.20. The van der Waals surface area contributed by atoms with Crippen molar-refractivity contribution in [3.63, 3.8) is 0 Å². The molecule has 2 atom stereocenters. The van der Waals surface area contributed by atoms with Crippen molar-refractivity contribution >= 4 is 12.2 Å². The Kier molecular flexibility index (Phi) is 7.02. The van der Waals surface area contributed by atoms with Gasteiger partial charge in [0.05, 0.1) is 12.1 Å². The van der Waals surface area contributed by atoms with Gasteiger partial charge in [0.25, 0.3) is 0 Å². The molecule has 0 spiro atoms. The minimum absolute atomic E-state index is 0.0857. The van der Waals surface area contributed by atoms with Gasteiger partial charge >= 0.3 is 0 Å². The average Bonchev–Trinajstić information content (AvgIpc) is 2.45. The number of aliphatic imine (C=N–C) groups is 2. The molecular weight excluding hydrogens is 276 g/mol. The van der Waals surface area contributed by atoms with E-state index in [0.29, 0.717) is 6.42 Å². The van der Waals surface area contributed by atoms with E-state index in [1.165, 1.54) is 31.3 Å². The van der Waals surface area contributed by atoms with E-state index in [9.17, 15) is 9.59 Å². The van der Waals surface area contributed by atoms with Gasteiger partial charge in [-0.25, -0.2) is 14.6 Å². The van der Waals surface area contributed by atoms with Gasteiger partial charge in [-0.15, -0.1) is 0 Å². The molecule has 0 N–H and O–H groups in total. The van der Waals surface area contributed by atoms with Gasteiger partial charge in [0, 0.05) is 0 Å². The first-order valence-electron chi connectivity index (χ1n) is 8.38. The second-order valence-corrected chi connectivity index (χ2v) is 6.12. The van der Waals surface area contributed by atoms with E-state index in [-0.39, 0.29) is 12.1 Å². The summed E-state index contributed by atoms with van der Waals surface area (Å²) >= 11 is 0. The fraction of sp³-hybridized carbons (Fsp3) is 0.667. The van der Waals surface area contributed by atoms with Gasteiger partial charge in [-0.05, 0) is 62.5 Å². The van der Waals surface area contributed by atoms with Crippen LogP contribution in [0, 0.1) is 0 Å². The van der Waals surface area contributed by atoms with Crippen molar-refractivity contribution in [1.29, 1.82) is 0 Å². The first-order valence-corrected chi connectivity index (χ1v) is 8.38. The summed E-state index contributed by atoms with van der Waals surface area (Å²) in [5, 5.41) is 0. The molecule has 0 aliphatic heterocycles. The minimum atomic E-state index is -0.217. The second-order valence-electron chi connectivity index (χ2n) is 6.12. The monoisotopic (exact) mass is 300 g/mol. The molecule has 0 saturated carbocycles. The van der Waals surface area contributed by atoms with Gasteiger partial charge in [-0.3, -0.25) is 0 Å². The Morgan fingerprint density at radius 2 is 1.68 bits per heavy atom. The summed E-state index contributed by atoms with van der Waals surface area (Å²) < 4.78 is 0. The molecule has 0 amide bonds. The second kappa shape index (κ2) is 9.30. The molecule has 0 aromatic carbocycles. The number of isocyanates is 2. The summed E-state index contributed by atoms with van der Waals surface area (Å²) in [6, 6.07) is -0.303. The van der Waals surface area contributed by atoms with Gasteiger partial charge in [0.15, 0.2) is 0 Å². The lowest BCUT2D eigenvalue weighted by atomic mass is 9.85. The van der Waals surface area contributed by atoms with E-state index < -0.39 is 0 Å². The molecule has 4 nitrogen and oxygen atoms in total. The largest absolute Gasteiger partial charge is 0.235 e. The van der Waals surface area contributed by atoms with Crippen molar-refractivity contribution in [2.45, 2.75) is 76.3 Å². The molecule has 0 aromatic rings. The molecule has 0 bridgehead atoms. The molecule has 2 aliphatic carbocycles. The Bertz CT molecular complexity index is 523. The molecule has 0 fully saturated rings. The standard InChI is InChI=1S/C18H24N2O2/c21-13-19-16-10-6-7-11-17(18(12-16)20-14-22)15-8-4-2-1-3-5-9-15/h8,11,16,18H,1-7,9-10,12H2. The maximum Gasteiger partial charge on any atom is 0.235 e. The fourth-order valence-electron chi connectivity index (χ4n) is 3.43. The smallest absolute Gasteiger partial charge is 0.211 e. The van der Waals surface area contributed by atoms with Gasteiger partial charge in [0.2, 0.25) is 12.2 Å². The summed E-state index contributed by atoms with van der Waals surface area (Å²) in [4.78, 5) is 29.3. The van der Waals surface area contributed by atoms with Crippen LogP contribution in [0.5, 0.6) is 0 Å². The van der Waals surface area contributed by atoms with Crippen LogP contribution in [0.25, 0.3) is 0 Å². The number of allylic oxidation sites excluding steroid dienone is 2. The normalized spacial score (nSPS) is 26.7. The Morgan fingerprint density at radius 1 is 0.909 bits per heavy atom. The number of hydrogen-bond donors (Lipinski definition) is 0. The van der Waals surface area contributed by atoms with Crippen LogP contribution in [-0.4, -0.2) is 24.2 Å². The molecular formula is C18H24N2O2. The third kappa shape index (κ3) is 4.91. The van der Waals surface area contributed by atoms with Crippen LogP contribution >= 0.6 is 0 Å². The zero-order valence-electron chi connectivity index (χ0n) is 13.1. The van der Waals surface area contributed by atoms with Gasteiger partial charge < -0.3 is 0 Å². The third-order valence-electron chi connectivity index (χ3n) is 4.57. The Morgan fingerprint density at radius 3 is 2.50 bits per heavy atom. The maximum atomic E-state index is 10.8. The van der Waals surface area contributed by atoms with E-state index in [1.807, 2.05) is 0 Å². The molecule has 0 aromatic heterocycles. The molecule has 2 unspecified atom stereocenters. The number of carbonyl (C=O) groups excluding carboxylic acids is 2. The van der Waals surface area contributed by atoms with Crippen LogP contribution in [0.4, 0.5) is 0 Å². The highest BCUT2D eigenvalue weighted by Gasteiger charge is 2.23. The molecule has 0 radical (unpaired) electrons. The number of rotatable bonds is 3. The van der Waals surface area contributed by atoms with Crippen LogP contribution in [0.1, 0.15) is 64.2 Å².